The van der Waals surface area contributed by atoms with E-state index in [4.69, 9.17) is 9.47 Å². The Bertz CT molecular complexity index is 1220. The van der Waals surface area contributed by atoms with E-state index in [0.29, 0.717) is 16.4 Å². The summed E-state index contributed by atoms with van der Waals surface area (Å²) in [5.41, 5.74) is 2.94. The molecule has 0 aliphatic carbocycles. The van der Waals surface area contributed by atoms with Gasteiger partial charge in [0.1, 0.15) is 5.01 Å². The van der Waals surface area contributed by atoms with Crippen LogP contribution in [0.3, 0.4) is 0 Å². The fourth-order valence-electron chi connectivity index (χ4n) is 2.90. The molecule has 2 N–H and O–H groups in total. The number of carbonyl (C=O) groups excluding carboxylic acids is 3. The van der Waals surface area contributed by atoms with Gasteiger partial charge < -0.3 is 20.1 Å². The first-order valence-electron chi connectivity index (χ1n) is 9.95. The Morgan fingerprint density at radius 2 is 1.55 bits per heavy atom. The molecule has 2 aromatic carbocycles. The van der Waals surface area contributed by atoms with E-state index in [1.54, 1.807) is 24.3 Å². The predicted molar refractivity (Wildman–Crippen MR) is 122 cm³/mol. The van der Waals surface area contributed by atoms with Crippen molar-refractivity contribution in [2.24, 2.45) is 0 Å². The fraction of sp³-hybridized carbons (Fsp3) is 0.174. The third-order valence-corrected chi connectivity index (χ3v) is 5.53. The van der Waals surface area contributed by atoms with Crippen LogP contribution in [0.1, 0.15) is 29.2 Å². The van der Waals surface area contributed by atoms with Gasteiger partial charge in [0, 0.05) is 37.0 Å². The van der Waals surface area contributed by atoms with Crippen molar-refractivity contribution >= 4 is 40.6 Å². The number of aryl methyl sites for hydroxylation is 1. The number of cyclic esters (lactones) is 2. The monoisotopic (exact) mass is 464 g/mol. The molecule has 10 heteroatoms. The lowest BCUT2D eigenvalue weighted by Gasteiger charge is -2.29. The number of aromatic nitrogens is 2. The number of benzene rings is 2. The third kappa shape index (κ3) is 5.24. The van der Waals surface area contributed by atoms with Crippen LogP contribution in [0.5, 0.6) is 0 Å². The van der Waals surface area contributed by atoms with Crippen LogP contribution >= 0.6 is 11.3 Å². The molecule has 1 aromatic heterocycles. The van der Waals surface area contributed by atoms with Crippen molar-refractivity contribution in [3.8, 4) is 10.6 Å². The second-order valence-corrected chi connectivity index (χ2v) is 8.67. The molecule has 168 valence electrons. The number of nitrogens with one attached hydrogen (secondary N) is 2. The maximum absolute atomic E-state index is 12.4. The topological polar surface area (TPSA) is 120 Å². The van der Waals surface area contributed by atoms with Crippen LogP contribution in [0, 0.1) is 6.92 Å². The number of anilines is 2. The average molecular weight is 465 g/mol. The smallest absolute Gasteiger partial charge is 0.350 e. The Balaban J connectivity index is 1.41. The minimum Gasteiger partial charge on any atom is -0.419 e. The molecule has 0 saturated carbocycles. The van der Waals surface area contributed by atoms with Crippen LogP contribution in [-0.2, 0) is 19.1 Å². The van der Waals surface area contributed by atoms with Gasteiger partial charge in [0.25, 0.3) is 11.7 Å². The molecule has 2 heterocycles. The van der Waals surface area contributed by atoms with Gasteiger partial charge in [-0.1, -0.05) is 29.0 Å². The SMILES string of the molecule is Cc1ccc(NC(=O)c2nnc(-c3ccc(NC=C4C(=O)OC(C)(C)OC4=O)cc3)s2)cc1. The summed E-state index contributed by atoms with van der Waals surface area (Å²) in [5, 5.41) is 14.6. The molecule has 0 radical (unpaired) electrons. The molecule has 1 amide bonds. The van der Waals surface area contributed by atoms with Crippen molar-refractivity contribution < 1.29 is 23.9 Å². The number of rotatable bonds is 5. The van der Waals surface area contributed by atoms with E-state index in [9.17, 15) is 14.4 Å². The van der Waals surface area contributed by atoms with E-state index in [0.717, 1.165) is 11.1 Å². The van der Waals surface area contributed by atoms with Crippen LogP contribution in [0.4, 0.5) is 11.4 Å². The molecule has 0 unspecified atom stereocenters. The van der Waals surface area contributed by atoms with Crippen molar-refractivity contribution in [3.63, 3.8) is 0 Å². The van der Waals surface area contributed by atoms with E-state index in [2.05, 4.69) is 20.8 Å². The van der Waals surface area contributed by atoms with Gasteiger partial charge in [-0.15, -0.1) is 10.2 Å². The Morgan fingerprint density at radius 3 is 2.18 bits per heavy atom. The van der Waals surface area contributed by atoms with Crippen molar-refractivity contribution in [3.05, 3.63) is 70.9 Å². The van der Waals surface area contributed by atoms with Gasteiger partial charge in [0.05, 0.1) is 0 Å². The first-order chi connectivity index (χ1) is 15.7. The maximum atomic E-state index is 12.4. The predicted octanol–water partition coefficient (Wildman–Crippen LogP) is 3.90. The molecule has 1 saturated heterocycles. The van der Waals surface area contributed by atoms with E-state index in [1.807, 2.05) is 31.2 Å². The third-order valence-electron chi connectivity index (χ3n) is 4.56. The molecule has 1 fully saturated rings. The van der Waals surface area contributed by atoms with Crippen molar-refractivity contribution in [1.82, 2.24) is 10.2 Å². The lowest BCUT2D eigenvalue weighted by molar-refractivity contribution is -0.222. The second-order valence-electron chi connectivity index (χ2n) is 7.69. The Kier molecular flexibility index (Phi) is 5.93. The lowest BCUT2D eigenvalue weighted by atomic mass is 10.2. The van der Waals surface area contributed by atoms with Crippen molar-refractivity contribution in [1.29, 1.82) is 0 Å². The summed E-state index contributed by atoms with van der Waals surface area (Å²) in [6, 6.07) is 14.5. The minimum atomic E-state index is -1.29. The highest BCUT2D eigenvalue weighted by Gasteiger charge is 2.38. The number of nitrogens with zero attached hydrogens (tertiary/aromatic N) is 2. The van der Waals surface area contributed by atoms with Crippen molar-refractivity contribution in [2.45, 2.75) is 26.6 Å². The summed E-state index contributed by atoms with van der Waals surface area (Å²) in [6.45, 7) is 4.94. The van der Waals surface area contributed by atoms with Gasteiger partial charge in [0.15, 0.2) is 5.57 Å². The zero-order valence-corrected chi connectivity index (χ0v) is 18.9. The molecule has 1 aliphatic rings. The summed E-state index contributed by atoms with van der Waals surface area (Å²) >= 11 is 1.17. The van der Waals surface area contributed by atoms with E-state index < -0.39 is 17.7 Å². The summed E-state index contributed by atoms with van der Waals surface area (Å²) in [4.78, 5) is 36.4. The van der Waals surface area contributed by atoms with Crippen LogP contribution < -0.4 is 10.6 Å². The first-order valence-corrected chi connectivity index (χ1v) is 10.8. The zero-order valence-electron chi connectivity index (χ0n) is 18.0. The Morgan fingerprint density at radius 1 is 0.939 bits per heavy atom. The van der Waals surface area contributed by atoms with Gasteiger partial charge in [-0.2, -0.15) is 0 Å². The molecule has 0 spiro atoms. The van der Waals surface area contributed by atoms with Crippen LogP contribution in [0.15, 0.2) is 60.3 Å². The van der Waals surface area contributed by atoms with E-state index in [-0.39, 0.29) is 16.5 Å². The fourth-order valence-corrected chi connectivity index (χ4v) is 3.64. The summed E-state index contributed by atoms with van der Waals surface area (Å²) in [6.07, 6.45) is 1.24. The van der Waals surface area contributed by atoms with Crippen molar-refractivity contribution in [2.75, 3.05) is 10.6 Å². The normalized spacial score (nSPS) is 14.8. The highest BCUT2D eigenvalue weighted by Crippen LogP contribution is 2.26. The van der Waals surface area contributed by atoms with Gasteiger partial charge in [0.2, 0.25) is 5.01 Å². The Hall–Kier alpha value is -4.05. The molecular formula is C23H20N4O5S. The summed E-state index contributed by atoms with van der Waals surface area (Å²) < 4.78 is 10.1. The standard InChI is InChI=1S/C23H20N4O5S/c1-13-4-8-16(9-5-13)25-18(28)20-27-26-19(33-20)14-6-10-15(11-7-14)24-12-17-21(29)31-23(2,3)32-22(17)30/h4-12,24H,1-3H3,(H,25,28). The number of hydrogen-bond donors (Lipinski definition) is 2. The van der Waals surface area contributed by atoms with Crippen LogP contribution in [0.2, 0.25) is 0 Å². The van der Waals surface area contributed by atoms with Gasteiger partial charge in [-0.3, -0.25) is 4.79 Å². The molecular weight excluding hydrogens is 444 g/mol. The molecule has 0 atom stereocenters. The van der Waals surface area contributed by atoms with Gasteiger partial charge >= 0.3 is 11.9 Å². The average Bonchev–Trinajstić information content (AvgIpc) is 3.25. The quantitative estimate of drug-likeness (QED) is 0.331. The summed E-state index contributed by atoms with van der Waals surface area (Å²) in [5.74, 6) is -3.14. The van der Waals surface area contributed by atoms with E-state index in [1.165, 1.54) is 31.4 Å². The number of hydrogen-bond acceptors (Lipinski definition) is 9. The first kappa shape index (κ1) is 22.2. The highest BCUT2D eigenvalue weighted by molar-refractivity contribution is 7.16. The number of carbonyl (C=O) groups is 3. The Labute approximate surface area is 193 Å². The number of ether oxygens (including phenoxy) is 2. The number of amides is 1. The number of esters is 2. The summed E-state index contributed by atoms with van der Waals surface area (Å²) in [7, 11) is 0. The van der Waals surface area contributed by atoms with Crippen LogP contribution in [-0.4, -0.2) is 33.8 Å². The second kappa shape index (κ2) is 8.83. The largest absolute Gasteiger partial charge is 0.419 e. The molecule has 3 aromatic rings. The van der Waals surface area contributed by atoms with Crippen LogP contribution in [0.25, 0.3) is 10.6 Å². The minimum absolute atomic E-state index is 0.230. The maximum Gasteiger partial charge on any atom is 0.350 e. The van der Waals surface area contributed by atoms with Gasteiger partial charge in [-0.05, 0) is 43.3 Å². The van der Waals surface area contributed by atoms with Gasteiger partial charge in [-0.25, -0.2) is 9.59 Å². The molecule has 1 aliphatic heterocycles. The molecule has 4 rings (SSSR count). The molecule has 0 bridgehead atoms. The lowest BCUT2D eigenvalue weighted by Crippen LogP contribution is -2.42. The molecule has 9 nitrogen and oxygen atoms in total. The zero-order chi connectivity index (χ0) is 23.6. The highest BCUT2D eigenvalue weighted by atomic mass is 32.1. The van der Waals surface area contributed by atoms with E-state index >= 15 is 0 Å². The molecule has 33 heavy (non-hydrogen) atoms.